The summed E-state index contributed by atoms with van der Waals surface area (Å²) >= 11 is 5.95. The van der Waals surface area contributed by atoms with E-state index in [1.807, 2.05) is 0 Å². The zero-order valence-electron chi connectivity index (χ0n) is 10.4. The Hall–Kier alpha value is -1.37. The first-order chi connectivity index (χ1) is 9.11. The van der Waals surface area contributed by atoms with Crippen molar-refractivity contribution < 1.29 is 9.90 Å². The lowest BCUT2D eigenvalue weighted by molar-refractivity contribution is 0.0714. The molecule has 104 valence electrons. The summed E-state index contributed by atoms with van der Waals surface area (Å²) in [5.74, 6) is 5.21. The van der Waals surface area contributed by atoms with Crippen molar-refractivity contribution in [3.05, 3.63) is 22.8 Å². The molecular formula is C12H17ClN4O2. The minimum Gasteiger partial charge on any atom is -0.391 e. The van der Waals surface area contributed by atoms with E-state index in [1.54, 1.807) is 12.1 Å². The Morgan fingerprint density at radius 3 is 2.84 bits per heavy atom. The Morgan fingerprint density at radius 1 is 1.42 bits per heavy atom. The molecule has 0 aliphatic heterocycles. The van der Waals surface area contributed by atoms with Crippen LogP contribution in [0.5, 0.6) is 0 Å². The van der Waals surface area contributed by atoms with Crippen LogP contribution in [0.4, 0.5) is 5.82 Å². The molecule has 7 heteroatoms. The lowest BCUT2D eigenvalue weighted by atomic mass is 9.92. The van der Waals surface area contributed by atoms with Crippen LogP contribution in [0.1, 0.15) is 36.2 Å². The number of nitrogens with zero attached hydrogens (tertiary/aromatic N) is 1. The number of rotatable bonds is 3. The molecule has 6 nitrogen and oxygen atoms in total. The molecule has 1 aliphatic rings. The highest BCUT2D eigenvalue weighted by molar-refractivity contribution is 6.33. The van der Waals surface area contributed by atoms with E-state index >= 15 is 0 Å². The fourth-order valence-corrected chi connectivity index (χ4v) is 2.39. The topological polar surface area (TPSA) is 100 Å². The molecule has 19 heavy (non-hydrogen) atoms. The number of nitrogens with two attached hydrogens (primary N) is 1. The molecule has 2 unspecified atom stereocenters. The number of hydrogen-bond donors (Lipinski definition) is 4. The molecule has 1 aromatic rings. The maximum absolute atomic E-state index is 12.1. The summed E-state index contributed by atoms with van der Waals surface area (Å²) in [6.45, 7) is 0. The first-order valence-electron chi connectivity index (χ1n) is 6.24. The van der Waals surface area contributed by atoms with Crippen LogP contribution in [0.2, 0.25) is 5.02 Å². The number of nitrogen functional groups attached to an aromatic ring is 1. The van der Waals surface area contributed by atoms with Gasteiger partial charge in [-0.3, -0.25) is 4.79 Å². The van der Waals surface area contributed by atoms with Gasteiger partial charge < -0.3 is 15.8 Å². The number of anilines is 1. The average molecular weight is 285 g/mol. The zero-order chi connectivity index (χ0) is 13.8. The number of pyridine rings is 1. The van der Waals surface area contributed by atoms with Crippen molar-refractivity contribution in [2.24, 2.45) is 5.84 Å². The predicted molar refractivity (Wildman–Crippen MR) is 72.8 cm³/mol. The van der Waals surface area contributed by atoms with E-state index in [0.717, 1.165) is 19.3 Å². The molecule has 1 heterocycles. The molecule has 2 atom stereocenters. The number of aliphatic hydroxyl groups is 1. The molecule has 5 N–H and O–H groups in total. The van der Waals surface area contributed by atoms with Crippen LogP contribution in [-0.4, -0.2) is 28.1 Å². The number of carbonyl (C=O) groups excluding carboxylic acids is 1. The maximum Gasteiger partial charge on any atom is 0.271 e. The second-order valence-corrected chi connectivity index (χ2v) is 5.01. The molecule has 1 saturated carbocycles. The van der Waals surface area contributed by atoms with Gasteiger partial charge in [-0.2, -0.15) is 0 Å². The van der Waals surface area contributed by atoms with Crippen molar-refractivity contribution >= 4 is 23.3 Å². The van der Waals surface area contributed by atoms with Gasteiger partial charge >= 0.3 is 0 Å². The number of aliphatic hydroxyl groups excluding tert-OH is 1. The van der Waals surface area contributed by atoms with Gasteiger partial charge in [0.25, 0.3) is 5.91 Å². The van der Waals surface area contributed by atoms with Gasteiger partial charge in [-0.05, 0) is 25.0 Å². The lowest BCUT2D eigenvalue weighted by Gasteiger charge is -2.28. The second kappa shape index (κ2) is 6.18. The Balaban J connectivity index is 2.10. The molecule has 1 aliphatic carbocycles. The Kier molecular flexibility index (Phi) is 4.57. The van der Waals surface area contributed by atoms with Crippen molar-refractivity contribution in [2.45, 2.75) is 37.8 Å². The first-order valence-corrected chi connectivity index (χ1v) is 6.61. The minimum absolute atomic E-state index is 0.106. The molecule has 0 bridgehead atoms. The van der Waals surface area contributed by atoms with E-state index in [4.69, 9.17) is 17.4 Å². The number of carbonyl (C=O) groups is 1. The number of hydrazine groups is 1. The predicted octanol–water partition coefficient (Wildman–Crippen LogP) is 1.05. The summed E-state index contributed by atoms with van der Waals surface area (Å²) in [4.78, 5) is 16.1. The number of aromatic nitrogens is 1. The van der Waals surface area contributed by atoms with Gasteiger partial charge in [-0.15, -0.1) is 0 Å². The quantitative estimate of drug-likeness (QED) is 0.491. The summed E-state index contributed by atoms with van der Waals surface area (Å²) in [7, 11) is 0. The van der Waals surface area contributed by atoms with Crippen LogP contribution >= 0.6 is 11.6 Å². The van der Waals surface area contributed by atoms with Gasteiger partial charge in [0.1, 0.15) is 11.5 Å². The standard InChI is InChI=1S/C12H17ClN4O2/c13-7-5-6-10(17-14)16-11(7)12(19)15-8-3-1-2-4-9(8)18/h5-6,8-9,18H,1-4,14H2,(H,15,19)(H,16,17). The molecule has 1 aromatic heterocycles. The van der Waals surface area contributed by atoms with E-state index in [0.29, 0.717) is 12.2 Å². The highest BCUT2D eigenvalue weighted by Crippen LogP contribution is 2.20. The minimum atomic E-state index is -0.507. The second-order valence-electron chi connectivity index (χ2n) is 4.60. The number of hydrogen-bond acceptors (Lipinski definition) is 5. The van der Waals surface area contributed by atoms with Crippen molar-refractivity contribution in [2.75, 3.05) is 5.43 Å². The summed E-state index contributed by atoms with van der Waals surface area (Å²) in [6, 6.07) is 2.89. The molecule has 0 aromatic carbocycles. The monoisotopic (exact) mass is 284 g/mol. The van der Waals surface area contributed by atoms with Crippen LogP contribution in [0.3, 0.4) is 0 Å². The van der Waals surface area contributed by atoms with Gasteiger partial charge in [0.15, 0.2) is 0 Å². The molecule has 0 radical (unpaired) electrons. The Morgan fingerprint density at radius 2 is 2.16 bits per heavy atom. The van der Waals surface area contributed by atoms with Gasteiger partial charge in [-0.1, -0.05) is 24.4 Å². The third-order valence-electron chi connectivity index (χ3n) is 3.25. The molecule has 2 rings (SSSR count). The summed E-state index contributed by atoms with van der Waals surface area (Å²) in [5.41, 5.74) is 2.47. The van der Waals surface area contributed by atoms with E-state index < -0.39 is 12.0 Å². The fraction of sp³-hybridized carbons (Fsp3) is 0.500. The van der Waals surface area contributed by atoms with E-state index in [2.05, 4.69) is 15.7 Å². The van der Waals surface area contributed by atoms with Gasteiger partial charge in [-0.25, -0.2) is 10.8 Å². The van der Waals surface area contributed by atoms with Crippen LogP contribution in [-0.2, 0) is 0 Å². The van der Waals surface area contributed by atoms with Crippen molar-refractivity contribution in [3.63, 3.8) is 0 Å². The first kappa shape index (κ1) is 14.0. The van der Waals surface area contributed by atoms with Crippen LogP contribution in [0.25, 0.3) is 0 Å². The number of halogens is 1. The van der Waals surface area contributed by atoms with Gasteiger partial charge in [0.05, 0.1) is 17.2 Å². The third-order valence-corrected chi connectivity index (χ3v) is 3.56. The highest BCUT2D eigenvalue weighted by atomic mass is 35.5. The third kappa shape index (κ3) is 3.34. The van der Waals surface area contributed by atoms with Crippen molar-refractivity contribution in [1.82, 2.24) is 10.3 Å². The fourth-order valence-electron chi connectivity index (χ4n) is 2.20. The molecular weight excluding hydrogens is 268 g/mol. The van der Waals surface area contributed by atoms with Crippen molar-refractivity contribution in [1.29, 1.82) is 0 Å². The SMILES string of the molecule is NNc1ccc(Cl)c(C(=O)NC2CCCCC2O)n1. The Labute approximate surface area is 116 Å². The summed E-state index contributed by atoms with van der Waals surface area (Å²) in [5, 5.41) is 12.9. The van der Waals surface area contributed by atoms with Gasteiger partial charge in [0.2, 0.25) is 0 Å². The van der Waals surface area contributed by atoms with Gasteiger partial charge in [0, 0.05) is 0 Å². The smallest absolute Gasteiger partial charge is 0.271 e. The molecule has 1 amide bonds. The summed E-state index contributed by atoms with van der Waals surface area (Å²) in [6.07, 6.45) is 2.94. The number of nitrogens with one attached hydrogen (secondary N) is 2. The lowest BCUT2D eigenvalue weighted by Crippen LogP contribution is -2.45. The van der Waals surface area contributed by atoms with Crippen LogP contribution in [0, 0.1) is 0 Å². The summed E-state index contributed by atoms with van der Waals surface area (Å²) < 4.78 is 0. The Bertz CT molecular complexity index is 469. The van der Waals surface area contributed by atoms with Crippen LogP contribution in [0.15, 0.2) is 12.1 Å². The van der Waals surface area contributed by atoms with E-state index in [1.165, 1.54) is 0 Å². The van der Waals surface area contributed by atoms with Crippen LogP contribution < -0.4 is 16.6 Å². The largest absolute Gasteiger partial charge is 0.391 e. The van der Waals surface area contributed by atoms with E-state index in [9.17, 15) is 9.90 Å². The normalized spacial score (nSPS) is 22.9. The highest BCUT2D eigenvalue weighted by Gasteiger charge is 2.26. The number of amides is 1. The van der Waals surface area contributed by atoms with E-state index in [-0.39, 0.29) is 16.8 Å². The average Bonchev–Trinajstić information content (AvgIpc) is 2.42. The molecule has 0 saturated heterocycles. The zero-order valence-corrected chi connectivity index (χ0v) is 11.2. The maximum atomic E-state index is 12.1. The molecule has 0 spiro atoms. The van der Waals surface area contributed by atoms with Crippen molar-refractivity contribution in [3.8, 4) is 0 Å². The molecule has 1 fully saturated rings.